The molecule has 0 bridgehead atoms. The van der Waals surface area contributed by atoms with Crippen LogP contribution in [0.3, 0.4) is 0 Å². The van der Waals surface area contributed by atoms with Gasteiger partial charge in [-0.1, -0.05) is 12.1 Å². The average molecular weight is 364 g/mol. The summed E-state index contributed by atoms with van der Waals surface area (Å²) in [5.74, 6) is -0.166. The van der Waals surface area contributed by atoms with E-state index in [2.05, 4.69) is 16.0 Å². The molecule has 2 aromatic rings. The van der Waals surface area contributed by atoms with Crippen LogP contribution >= 0.6 is 0 Å². The van der Waals surface area contributed by atoms with E-state index in [0.29, 0.717) is 30.8 Å². The smallest absolute Gasteiger partial charge is 0.321 e. The molecule has 1 unspecified atom stereocenters. The van der Waals surface area contributed by atoms with Crippen LogP contribution in [0.25, 0.3) is 0 Å². The summed E-state index contributed by atoms with van der Waals surface area (Å²) in [6.07, 6.45) is 1.30. The highest BCUT2D eigenvalue weighted by Gasteiger charge is 2.23. The van der Waals surface area contributed by atoms with Gasteiger partial charge in [-0.3, -0.25) is 14.5 Å². The predicted octanol–water partition coefficient (Wildman–Crippen LogP) is 2.42. The molecule has 2 aromatic carbocycles. The molecule has 2 fully saturated rings. The first kappa shape index (κ1) is 17.1. The molecule has 0 saturated carbocycles. The standard InChI is InChI=1S/C20H20N4O3/c25-18-9-8-17(23-18)14-2-1-3-15(12-14)22-19(26)13-4-6-16(7-5-13)24-11-10-21-20(24)27/h1-7,12,17H,8-11H2,(H,21,27)(H,22,26)(H,23,25). The van der Waals surface area contributed by atoms with E-state index >= 15 is 0 Å². The van der Waals surface area contributed by atoms with Gasteiger partial charge in [-0.15, -0.1) is 0 Å². The van der Waals surface area contributed by atoms with E-state index < -0.39 is 0 Å². The Morgan fingerprint density at radius 3 is 2.59 bits per heavy atom. The van der Waals surface area contributed by atoms with Gasteiger partial charge < -0.3 is 16.0 Å². The van der Waals surface area contributed by atoms with Crippen LogP contribution in [-0.4, -0.2) is 30.9 Å². The number of anilines is 2. The second-order valence-corrected chi connectivity index (χ2v) is 6.67. The van der Waals surface area contributed by atoms with Gasteiger partial charge in [0.15, 0.2) is 0 Å². The van der Waals surface area contributed by atoms with E-state index in [1.165, 1.54) is 0 Å². The summed E-state index contributed by atoms with van der Waals surface area (Å²) in [6, 6.07) is 14.3. The third-order valence-corrected chi connectivity index (χ3v) is 4.84. The maximum Gasteiger partial charge on any atom is 0.321 e. The van der Waals surface area contributed by atoms with Crippen LogP contribution in [0.4, 0.5) is 16.2 Å². The summed E-state index contributed by atoms with van der Waals surface area (Å²) in [4.78, 5) is 37.3. The Morgan fingerprint density at radius 1 is 1.11 bits per heavy atom. The largest absolute Gasteiger partial charge is 0.349 e. The van der Waals surface area contributed by atoms with Crippen LogP contribution in [0.15, 0.2) is 48.5 Å². The number of carbonyl (C=O) groups is 3. The number of amides is 4. The molecule has 0 aliphatic carbocycles. The van der Waals surface area contributed by atoms with Crippen molar-refractivity contribution in [3.05, 3.63) is 59.7 Å². The van der Waals surface area contributed by atoms with Gasteiger partial charge in [0, 0.05) is 36.4 Å². The van der Waals surface area contributed by atoms with Crippen molar-refractivity contribution in [1.82, 2.24) is 10.6 Å². The molecule has 2 saturated heterocycles. The zero-order chi connectivity index (χ0) is 18.8. The van der Waals surface area contributed by atoms with Gasteiger partial charge in [0.1, 0.15) is 0 Å². The Bertz CT molecular complexity index is 894. The number of nitrogens with zero attached hydrogens (tertiary/aromatic N) is 1. The first-order chi connectivity index (χ1) is 13.1. The van der Waals surface area contributed by atoms with Crippen LogP contribution in [-0.2, 0) is 4.79 Å². The quantitative estimate of drug-likeness (QED) is 0.778. The van der Waals surface area contributed by atoms with Crippen molar-refractivity contribution in [2.75, 3.05) is 23.3 Å². The minimum atomic E-state index is -0.222. The molecule has 4 amide bonds. The molecule has 2 aliphatic heterocycles. The average Bonchev–Trinajstić information content (AvgIpc) is 3.30. The van der Waals surface area contributed by atoms with E-state index in [9.17, 15) is 14.4 Å². The maximum atomic E-state index is 12.5. The molecule has 0 radical (unpaired) electrons. The summed E-state index contributed by atoms with van der Waals surface area (Å²) in [5, 5.41) is 8.57. The molecule has 2 aliphatic rings. The summed E-state index contributed by atoms with van der Waals surface area (Å²) in [5.41, 5.74) is 2.94. The van der Waals surface area contributed by atoms with Gasteiger partial charge in [0.05, 0.1) is 6.04 Å². The van der Waals surface area contributed by atoms with Gasteiger partial charge in [-0.05, 0) is 48.4 Å². The van der Waals surface area contributed by atoms with Crippen molar-refractivity contribution in [3.8, 4) is 0 Å². The lowest BCUT2D eigenvalue weighted by molar-refractivity contribution is -0.119. The van der Waals surface area contributed by atoms with Crippen LogP contribution in [0.2, 0.25) is 0 Å². The molecule has 27 heavy (non-hydrogen) atoms. The number of benzene rings is 2. The molecule has 0 spiro atoms. The maximum absolute atomic E-state index is 12.5. The lowest BCUT2D eigenvalue weighted by Gasteiger charge is -2.15. The SMILES string of the molecule is O=C1CCC(c2cccc(NC(=O)c3ccc(N4CCNC4=O)cc3)c2)N1. The molecular formula is C20H20N4O3. The Balaban J connectivity index is 1.44. The highest BCUT2D eigenvalue weighted by Crippen LogP contribution is 2.26. The summed E-state index contributed by atoms with van der Waals surface area (Å²) < 4.78 is 0. The third-order valence-electron chi connectivity index (χ3n) is 4.84. The number of hydrogen-bond acceptors (Lipinski definition) is 3. The molecular weight excluding hydrogens is 344 g/mol. The Labute approximate surface area is 156 Å². The van der Waals surface area contributed by atoms with Crippen LogP contribution < -0.4 is 20.9 Å². The second-order valence-electron chi connectivity index (χ2n) is 6.67. The first-order valence-corrected chi connectivity index (χ1v) is 8.96. The van der Waals surface area contributed by atoms with E-state index in [1.54, 1.807) is 29.2 Å². The van der Waals surface area contributed by atoms with Crippen molar-refractivity contribution in [2.45, 2.75) is 18.9 Å². The molecule has 7 nitrogen and oxygen atoms in total. The molecule has 4 rings (SSSR count). The minimum Gasteiger partial charge on any atom is -0.349 e. The van der Waals surface area contributed by atoms with Crippen LogP contribution in [0.5, 0.6) is 0 Å². The zero-order valence-electron chi connectivity index (χ0n) is 14.7. The summed E-state index contributed by atoms with van der Waals surface area (Å²) in [7, 11) is 0. The first-order valence-electron chi connectivity index (χ1n) is 8.96. The molecule has 7 heteroatoms. The molecule has 0 aromatic heterocycles. The Hall–Kier alpha value is -3.35. The van der Waals surface area contributed by atoms with Crippen molar-refractivity contribution in [1.29, 1.82) is 0 Å². The van der Waals surface area contributed by atoms with Gasteiger partial charge >= 0.3 is 6.03 Å². The highest BCUT2D eigenvalue weighted by molar-refractivity contribution is 6.04. The van der Waals surface area contributed by atoms with Crippen molar-refractivity contribution < 1.29 is 14.4 Å². The van der Waals surface area contributed by atoms with Crippen molar-refractivity contribution in [3.63, 3.8) is 0 Å². The van der Waals surface area contributed by atoms with Crippen LogP contribution in [0.1, 0.15) is 34.8 Å². The van der Waals surface area contributed by atoms with Gasteiger partial charge in [0.2, 0.25) is 5.91 Å². The predicted molar refractivity (Wildman–Crippen MR) is 102 cm³/mol. The lowest BCUT2D eigenvalue weighted by atomic mass is 10.0. The normalized spacial score (nSPS) is 19.0. The van der Waals surface area contributed by atoms with Gasteiger partial charge in [-0.2, -0.15) is 0 Å². The van der Waals surface area contributed by atoms with E-state index in [-0.39, 0.29) is 23.9 Å². The number of rotatable bonds is 4. The fraction of sp³-hybridized carbons (Fsp3) is 0.250. The highest BCUT2D eigenvalue weighted by atomic mass is 16.2. The van der Waals surface area contributed by atoms with E-state index in [1.807, 2.05) is 24.3 Å². The van der Waals surface area contributed by atoms with E-state index in [4.69, 9.17) is 0 Å². The summed E-state index contributed by atoms with van der Waals surface area (Å²) in [6.45, 7) is 1.24. The van der Waals surface area contributed by atoms with Crippen molar-refractivity contribution >= 4 is 29.2 Å². The Kier molecular flexibility index (Phi) is 4.50. The number of hydrogen-bond donors (Lipinski definition) is 3. The second kappa shape index (κ2) is 7.11. The zero-order valence-corrected chi connectivity index (χ0v) is 14.7. The number of carbonyl (C=O) groups excluding carboxylic acids is 3. The minimum absolute atomic E-state index is 0.000225. The molecule has 138 valence electrons. The number of nitrogens with one attached hydrogen (secondary N) is 3. The molecule has 1 atom stereocenters. The fourth-order valence-corrected chi connectivity index (χ4v) is 3.41. The van der Waals surface area contributed by atoms with Crippen LogP contribution in [0, 0.1) is 0 Å². The molecule has 3 N–H and O–H groups in total. The van der Waals surface area contributed by atoms with E-state index in [0.717, 1.165) is 17.7 Å². The fourth-order valence-electron chi connectivity index (χ4n) is 3.41. The van der Waals surface area contributed by atoms with Gasteiger partial charge in [-0.25, -0.2) is 4.79 Å². The third kappa shape index (κ3) is 3.62. The lowest BCUT2D eigenvalue weighted by Crippen LogP contribution is -2.27. The summed E-state index contributed by atoms with van der Waals surface area (Å²) >= 11 is 0. The monoisotopic (exact) mass is 364 g/mol. The molecule has 2 heterocycles. The van der Waals surface area contributed by atoms with Gasteiger partial charge in [0.25, 0.3) is 5.91 Å². The van der Waals surface area contributed by atoms with Crippen molar-refractivity contribution in [2.24, 2.45) is 0 Å². The topological polar surface area (TPSA) is 90.5 Å². The number of urea groups is 1. The Morgan fingerprint density at radius 2 is 1.93 bits per heavy atom.